The maximum atomic E-state index is 12.5. The summed E-state index contributed by atoms with van der Waals surface area (Å²) in [5, 5.41) is 11.4. The maximum absolute atomic E-state index is 12.5. The molecule has 0 spiro atoms. The van der Waals surface area contributed by atoms with Crippen molar-refractivity contribution in [3.8, 4) is 0 Å². The van der Waals surface area contributed by atoms with Gasteiger partial charge in [-0.3, -0.25) is 9.35 Å². The molecule has 12 nitrogen and oxygen atoms in total. The molecule has 0 aliphatic carbocycles. The molecule has 4 rings (SSSR count). The number of hydrogen-bond donors (Lipinski definition) is 5. The summed E-state index contributed by atoms with van der Waals surface area (Å²) in [5.74, 6) is -0.821. The van der Waals surface area contributed by atoms with Crippen molar-refractivity contribution in [2.75, 3.05) is 30.3 Å². The lowest BCUT2D eigenvalue weighted by molar-refractivity contribution is -0.143. The lowest BCUT2D eigenvalue weighted by Crippen LogP contribution is -2.68. The molecule has 5 amide bonds. The molecule has 0 aromatic heterocycles. The van der Waals surface area contributed by atoms with Crippen LogP contribution in [0.1, 0.15) is 12.8 Å². The minimum absolute atomic E-state index is 0.0961. The van der Waals surface area contributed by atoms with E-state index in [2.05, 4.69) is 21.3 Å². The summed E-state index contributed by atoms with van der Waals surface area (Å²) >= 11 is 0. The fraction of sp³-hybridized carbons (Fsp3) is 0.471. The average molecular weight is 438 g/mol. The molecule has 0 radical (unpaired) electrons. The highest BCUT2D eigenvalue weighted by Gasteiger charge is 2.60. The van der Waals surface area contributed by atoms with Gasteiger partial charge in [-0.05, 0) is 43.7 Å². The molecule has 5 N–H and O–H groups in total. The minimum atomic E-state index is -4.62. The van der Waals surface area contributed by atoms with Crippen LogP contribution in [0, 0.1) is 0 Å². The molecule has 0 bridgehead atoms. The number of benzene rings is 1. The van der Waals surface area contributed by atoms with Crippen LogP contribution in [-0.4, -0.2) is 77.9 Å². The number of nitrogens with one attached hydrogen (secondary N) is 4. The number of likely N-dealkylation sites (tertiary alicyclic amines) is 1. The molecule has 3 aliphatic heterocycles. The Bertz CT molecular complexity index is 961. The van der Waals surface area contributed by atoms with E-state index in [4.69, 9.17) is 4.55 Å². The van der Waals surface area contributed by atoms with Crippen LogP contribution >= 0.6 is 0 Å². The molecule has 13 heteroatoms. The van der Waals surface area contributed by atoms with Gasteiger partial charge < -0.3 is 26.2 Å². The van der Waals surface area contributed by atoms with Gasteiger partial charge in [0.15, 0.2) is 0 Å². The first-order chi connectivity index (χ1) is 14.2. The molecular formula is C17H22N6O6S. The Morgan fingerprint density at radius 2 is 1.77 bits per heavy atom. The number of carbonyl (C=O) groups excluding carboxylic acids is 3. The number of β-lactam (4-membered cyclic amide) rings is 1. The number of carbonyl (C=O) groups is 3. The summed E-state index contributed by atoms with van der Waals surface area (Å²) in [4.78, 5) is 37.8. The number of anilines is 2. The number of nitrogens with zero attached hydrogens (tertiary/aromatic N) is 2. The van der Waals surface area contributed by atoms with Crippen LogP contribution in [0.15, 0.2) is 24.3 Å². The van der Waals surface area contributed by atoms with E-state index >= 15 is 0 Å². The second-order valence-electron chi connectivity index (χ2n) is 7.40. The molecule has 3 aliphatic rings. The van der Waals surface area contributed by atoms with Crippen LogP contribution in [0.4, 0.5) is 21.0 Å². The zero-order valence-electron chi connectivity index (χ0n) is 15.9. The van der Waals surface area contributed by atoms with Crippen LogP contribution in [0.5, 0.6) is 0 Å². The van der Waals surface area contributed by atoms with E-state index in [1.165, 1.54) is 4.90 Å². The number of hydrogen-bond acceptors (Lipinski definition) is 6. The Kier molecular flexibility index (Phi) is 5.26. The molecule has 3 atom stereocenters. The Morgan fingerprint density at radius 1 is 1.10 bits per heavy atom. The zero-order valence-corrected chi connectivity index (χ0v) is 16.7. The Balaban J connectivity index is 1.31. The van der Waals surface area contributed by atoms with Gasteiger partial charge in [0.1, 0.15) is 6.04 Å². The van der Waals surface area contributed by atoms with Gasteiger partial charge in [0.05, 0.1) is 6.04 Å². The SMILES string of the molecule is O=C(Nc1ccc(NC(=O)N2CC[C@@H]3[C@H]2C(=O)N3S(=O)(=O)O)cc1)N[C@H]1CCNC1. The molecule has 0 unspecified atom stereocenters. The highest BCUT2D eigenvalue weighted by Crippen LogP contribution is 2.35. The quantitative estimate of drug-likeness (QED) is 0.321. The molecule has 1 aromatic rings. The van der Waals surface area contributed by atoms with Crippen LogP contribution in [0.25, 0.3) is 0 Å². The van der Waals surface area contributed by atoms with Crippen molar-refractivity contribution in [1.29, 1.82) is 0 Å². The molecule has 3 fully saturated rings. The largest absolute Gasteiger partial charge is 0.362 e. The average Bonchev–Trinajstić information content (AvgIpc) is 3.29. The fourth-order valence-corrected chi connectivity index (χ4v) is 4.90. The first-order valence-corrected chi connectivity index (χ1v) is 10.9. The first-order valence-electron chi connectivity index (χ1n) is 9.50. The van der Waals surface area contributed by atoms with Crippen LogP contribution in [0.2, 0.25) is 0 Å². The van der Waals surface area contributed by atoms with Crippen molar-refractivity contribution >= 4 is 39.6 Å². The van der Waals surface area contributed by atoms with Gasteiger partial charge in [-0.2, -0.15) is 8.42 Å². The topological polar surface area (TPSA) is 160 Å². The van der Waals surface area contributed by atoms with Crippen molar-refractivity contribution in [3.63, 3.8) is 0 Å². The van der Waals surface area contributed by atoms with Crippen molar-refractivity contribution in [2.45, 2.75) is 31.0 Å². The predicted octanol–water partition coefficient (Wildman–Crippen LogP) is -0.210. The van der Waals surface area contributed by atoms with Gasteiger partial charge in [-0.1, -0.05) is 0 Å². The van der Waals surface area contributed by atoms with E-state index in [0.29, 0.717) is 15.7 Å². The highest BCUT2D eigenvalue weighted by atomic mass is 32.2. The first kappa shape index (κ1) is 20.4. The third-order valence-electron chi connectivity index (χ3n) is 5.44. The Morgan fingerprint density at radius 3 is 2.37 bits per heavy atom. The van der Waals surface area contributed by atoms with E-state index in [9.17, 15) is 22.8 Å². The van der Waals surface area contributed by atoms with Gasteiger partial charge in [0.25, 0.3) is 5.91 Å². The highest BCUT2D eigenvalue weighted by molar-refractivity contribution is 7.84. The number of urea groups is 2. The molecule has 3 saturated heterocycles. The van der Waals surface area contributed by atoms with Crippen molar-refractivity contribution in [1.82, 2.24) is 19.8 Å². The second kappa shape index (κ2) is 7.74. The maximum Gasteiger partial charge on any atom is 0.362 e. The second-order valence-corrected chi connectivity index (χ2v) is 8.69. The van der Waals surface area contributed by atoms with E-state index in [1.807, 2.05) is 0 Å². The van der Waals surface area contributed by atoms with E-state index < -0.39 is 34.3 Å². The van der Waals surface area contributed by atoms with Crippen LogP contribution < -0.4 is 21.3 Å². The van der Waals surface area contributed by atoms with Crippen molar-refractivity contribution in [2.24, 2.45) is 0 Å². The number of fused-ring (bicyclic) bond motifs is 1. The lowest BCUT2D eigenvalue weighted by Gasteiger charge is -2.42. The van der Waals surface area contributed by atoms with Crippen LogP contribution in [-0.2, 0) is 15.1 Å². The third-order valence-corrected chi connectivity index (χ3v) is 6.38. The van der Waals surface area contributed by atoms with Gasteiger partial charge in [0.2, 0.25) is 0 Å². The summed E-state index contributed by atoms with van der Waals surface area (Å²) in [6, 6.07) is 4.07. The lowest BCUT2D eigenvalue weighted by atomic mass is 10.0. The summed E-state index contributed by atoms with van der Waals surface area (Å²) < 4.78 is 32.0. The van der Waals surface area contributed by atoms with Gasteiger partial charge in [-0.25, -0.2) is 13.9 Å². The van der Waals surface area contributed by atoms with E-state index in [-0.39, 0.29) is 25.0 Å². The normalized spacial score (nSPS) is 25.5. The van der Waals surface area contributed by atoms with Crippen molar-refractivity contribution < 1.29 is 27.4 Å². The molecule has 162 valence electrons. The molecule has 3 heterocycles. The number of amides is 5. The molecule has 30 heavy (non-hydrogen) atoms. The van der Waals surface area contributed by atoms with Crippen LogP contribution in [0.3, 0.4) is 0 Å². The molecule has 0 saturated carbocycles. The van der Waals surface area contributed by atoms with Gasteiger partial charge >= 0.3 is 22.4 Å². The molecule has 1 aromatic carbocycles. The monoisotopic (exact) mass is 438 g/mol. The van der Waals surface area contributed by atoms with E-state index in [1.54, 1.807) is 24.3 Å². The summed E-state index contributed by atoms with van der Waals surface area (Å²) in [7, 11) is -4.62. The van der Waals surface area contributed by atoms with Crippen molar-refractivity contribution in [3.05, 3.63) is 24.3 Å². The Labute approximate surface area is 172 Å². The number of rotatable bonds is 4. The third kappa shape index (κ3) is 3.91. The zero-order chi connectivity index (χ0) is 21.5. The molecular weight excluding hydrogens is 416 g/mol. The predicted molar refractivity (Wildman–Crippen MR) is 106 cm³/mol. The smallest absolute Gasteiger partial charge is 0.334 e. The summed E-state index contributed by atoms with van der Waals surface area (Å²) in [6.07, 6.45) is 1.14. The standard InChI is InChI=1S/C17H22N6O6S/c24-15-14-13(23(15)30(27,28)29)6-8-22(14)17(26)21-11-3-1-10(2-4-11)19-16(25)20-12-5-7-18-9-12/h1-4,12-14,18H,5-9H2,(H,21,26)(H2,19,20,25)(H,27,28,29)/t12-,13+,14-/m0/s1. The fourth-order valence-electron chi connectivity index (χ4n) is 4.01. The Hall–Kier alpha value is -2.90. The van der Waals surface area contributed by atoms with E-state index in [0.717, 1.165) is 19.5 Å². The van der Waals surface area contributed by atoms with Gasteiger partial charge in [0, 0.05) is 30.5 Å². The minimum Gasteiger partial charge on any atom is -0.334 e. The summed E-state index contributed by atoms with van der Waals surface area (Å²) in [5.41, 5.74) is 1.00. The summed E-state index contributed by atoms with van der Waals surface area (Å²) in [6.45, 7) is 1.80. The van der Waals surface area contributed by atoms with Gasteiger partial charge in [-0.15, -0.1) is 0 Å².